The average Bonchev–Trinajstić information content (AvgIpc) is 1.98. The van der Waals surface area contributed by atoms with Gasteiger partial charge in [-0.15, -0.1) is 0 Å². The summed E-state index contributed by atoms with van der Waals surface area (Å²) in [6.07, 6.45) is 0. The number of alkyl halides is 1. The van der Waals surface area contributed by atoms with Crippen molar-refractivity contribution in [3.63, 3.8) is 0 Å². The molecule has 1 N–H and O–H groups in total. The van der Waals surface area contributed by atoms with Gasteiger partial charge in [-0.3, -0.25) is 4.79 Å². The molecule has 0 spiro atoms. The second kappa shape index (κ2) is 5.91. The van der Waals surface area contributed by atoms with E-state index in [0.717, 1.165) is 4.43 Å². The topological polar surface area (TPSA) is 46.5 Å². The van der Waals surface area contributed by atoms with Crippen molar-refractivity contribution in [1.82, 2.24) is 0 Å². The van der Waals surface area contributed by atoms with Crippen molar-refractivity contribution in [1.29, 1.82) is 0 Å². The van der Waals surface area contributed by atoms with Crippen LogP contribution in [0.3, 0.4) is 0 Å². The summed E-state index contributed by atoms with van der Waals surface area (Å²) in [7, 11) is 0. The molecule has 10 heavy (non-hydrogen) atoms. The Bertz CT molecular complexity index is 105. The first-order valence-electron chi connectivity index (χ1n) is 3.05. The molecule has 0 rings (SSSR count). The van der Waals surface area contributed by atoms with Crippen LogP contribution < -0.4 is 0 Å². The number of hydrogen-bond acceptors (Lipinski definition) is 3. The van der Waals surface area contributed by atoms with E-state index in [4.69, 9.17) is 5.11 Å². The van der Waals surface area contributed by atoms with Gasteiger partial charge in [0.05, 0.1) is 12.5 Å². The van der Waals surface area contributed by atoms with Crippen LogP contribution in [0.15, 0.2) is 0 Å². The number of ether oxygens (including phenoxy) is 1. The van der Waals surface area contributed by atoms with Gasteiger partial charge in [-0.1, -0.05) is 29.5 Å². The van der Waals surface area contributed by atoms with Crippen LogP contribution >= 0.6 is 22.6 Å². The number of esters is 1. The third kappa shape index (κ3) is 4.05. The Morgan fingerprint density at radius 1 is 1.80 bits per heavy atom. The monoisotopic (exact) mass is 258 g/mol. The molecule has 60 valence electrons. The summed E-state index contributed by atoms with van der Waals surface area (Å²) in [4.78, 5) is 10.8. The minimum Gasteiger partial charge on any atom is -0.463 e. The molecule has 0 aromatic heterocycles. The van der Waals surface area contributed by atoms with E-state index in [-0.39, 0.29) is 25.1 Å². The maximum absolute atomic E-state index is 10.8. The van der Waals surface area contributed by atoms with Crippen LogP contribution in [0.25, 0.3) is 0 Å². The van der Waals surface area contributed by atoms with Gasteiger partial charge in [-0.2, -0.15) is 0 Å². The number of carbonyl (C=O) groups is 1. The van der Waals surface area contributed by atoms with Crippen LogP contribution in [0.2, 0.25) is 0 Å². The van der Waals surface area contributed by atoms with Gasteiger partial charge < -0.3 is 9.84 Å². The molecule has 0 aliphatic rings. The molecule has 0 aliphatic carbocycles. The lowest BCUT2D eigenvalue weighted by Gasteiger charge is -2.06. The molecule has 4 heteroatoms. The van der Waals surface area contributed by atoms with Crippen LogP contribution in [0.5, 0.6) is 0 Å². The second-order valence-electron chi connectivity index (χ2n) is 1.95. The van der Waals surface area contributed by atoms with Gasteiger partial charge in [0.25, 0.3) is 0 Å². The van der Waals surface area contributed by atoms with Gasteiger partial charge in [-0.05, 0) is 0 Å². The minimum absolute atomic E-state index is 0.0628. The highest BCUT2D eigenvalue weighted by Gasteiger charge is 2.11. The SMILES string of the molecule is CC(CI)C(=O)OCCO. The van der Waals surface area contributed by atoms with Crippen molar-refractivity contribution in [3.8, 4) is 0 Å². The van der Waals surface area contributed by atoms with Crippen LogP contribution in [0, 0.1) is 5.92 Å². The zero-order valence-corrected chi connectivity index (χ0v) is 8.00. The number of aliphatic hydroxyl groups excluding tert-OH is 1. The van der Waals surface area contributed by atoms with Crippen molar-refractivity contribution >= 4 is 28.6 Å². The Hall–Kier alpha value is 0.160. The summed E-state index contributed by atoms with van der Waals surface area (Å²) >= 11 is 2.12. The summed E-state index contributed by atoms with van der Waals surface area (Å²) in [5.74, 6) is -0.296. The molecule has 0 saturated heterocycles. The lowest BCUT2D eigenvalue weighted by molar-refractivity contribution is -0.148. The Morgan fingerprint density at radius 3 is 2.80 bits per heavy atom. The number of rotatable bonds is 4. The van der Waals surface area contributed by atoms with Crippen LogP contribution in [0.4, 0.5) is 0 Å². The van der Waals surface area contributed by atoms with Crippen LogP contribution in [-0.4, -0.2) is 28.7 Å². The first-order chi connectivity index (χ1) is 4.72. The molecule has 1 atom stereocenters. The Kier molecular flexibility index (Phi) is 6.00. The van der Waals surface area contributed by atoms with Crippen molar-refractivity contribution in [2.24, 2.45) is 5.92 Å². The molecule has 0 aliphatic heterocycles. The maximum atomic E-state index is 10.8. The Morgan fingerprint density at radius 2 is 2.40 bits per heavy atom. The maximum Gasteiger partial charge on any atom is 0.309 e. The van der Waals surface area contributed by atoms with Crippen molar-refractivity contribution in [2.75, 3.05) is 17.6 Å². The van der Waals surface area contributed by atoms with Gasteiger partial charge in [0, 0.05) is 4.43 Å². The van der Waals surface area contributed by atoms with Gasteiger partial charge >= 0.3 is 5.97 Å². The first kappa shape index (κ1) is 10.2. The average molecular weight is 258 g/mol. The summed E-state index contributed by atoms with van der Waals surface area (Å²) in [5.41, 5.74) is 0. The van der Waals surface area contributed by atoms with E-state index in [1.54, 1.807) is 6.92 Å². The quantitative estimate of drug-likeness (QED) is 0.456. The fourth-order valence-corrected chi connectivity index (χ4v) is 0.711. The van der Waals surface area contributed by atoms with Gasteiger partial charge in [0.15, 0.2) is 0 Å². The Balaban J connectivity index is 3.42. The molecule has 0 saturated carbocycles. The van der Waals surface area contributed by atoms with Crippen molar-refractivity contribution in [2.45, 2.75) is 6.92 Å². The minimum atomic E-state index is -0.233. The van der Waals surface area contributed by atoms with E-state index in [0.29, 0.717) is 0 Å². The molecule has 0 heterocycles. The van der Waals surface area contributed by atoms with E-state index < -0.39 is 0 Å². The lowest BCUT2D eigenvalue weighted by Crippen LogP contribution is -2.17. The van der Waals surface area contributed by atoms with E-state index in [2.05, 4.69) is 27.3 Å². The number of hydrogen-bond donors (Lipinski definition) is 1. The third-order valence-corrected chi connectivity index (χ3v) is 2.29. The zero-order valence-electron chi connectivity index (χ0n) is 5.84. The van der Waals surface area contributed by atoms with Crippen molar-refractivity contribution < 1.29 is 14.6 Å². The van der Waals surface area contributed by atoms with E-state index in [1.807, 2.05) is 0 Å². The highest BCUT2D eigenvalue weighted by atomic mass is 127. The molecule has 0 fully saturated rings. The summed E-state index contributed by atoms with van der Waals surface area (Å²) in [5, 5.41) is 8.29. The normalized spacial score (nSPS) is 12.7. The highest BCUT2D eigenvalue weighted by molar-refractivity contribution is 14.1. The Labute approximate surface area is 73.9 Å². The lowest BCUT2D eigenvalue weighted by atomic mass is 10.2. The fraction of sp³-hybridized carbons (Fsp3) is 0.833. The van der Waals surface area contributed by atoms with Gasteiger partial charge in [0.1, 0.15) is 6.61 Å². The zero-order chi connectivity index (χ0) is 7.98. The highest BCUT2D eigenvalue weighted by Crippen LogP contribution is 2.02. The first-order valence-corrected chi connectivity index (χ1v) is 4.58. The van der Waals surface area contributed by atoms with E-state index >= 15 is 0 Å². The summed E-state index contributed by atoms with van der Waals surface area (Å²) < 4.78 is 5.40. The van der Waals surface area contributed by atoms with Crippen LogP contribution in [0.1, 0.15) is 6.92 Å². The molecular weight excluding hydrogens is 247 g/mol. The molecule has 0 aromatic carbocycles. The molecule has 0 aromatic rings. The molecule has 0 radical (unpaired) electrons. The van der Waals surface area contributed by atoms with Gasteiger partial charge in [-0.25, -0.2) is 0 Å². The smallest absolute Gasteiger partial charge is 0.309 e. The molecule has 3 nitrogen and oxygen atoms in total. The summed E-state index contributed by atoms with van der Waals surface area (Å²) in [6, 6.07) is 0. The predicted molar refractivity (Wildman–Crippen MR) is 46.1 cm³/mol. The van der Waals surface area contributed by atoms with Crippen molar-refractivity contribution in [3.05, 3.63) is 0 Å². The summed E-state index contributed by atoms with van der Waals surface area (Å²) in [6.45, 7) is 1.81. The molecule has 1 unspecified atom stereocenters. The largest absolute Gasteiger partial charge is 0.463 e. The van der Waals surface area contributed by atoms with E-state index in [1.165, 1.54) is 0 Å². The van der Waals surface area contributed by atoms with E-state index in [9.17, 15) is 4.79 Å². The third-order valence-electron chi connectivity index (χ3n) is 0.969. The van der Waals surface area contributed by atoms with Crippen LogP contribution in [-0.2, 0) is 9.53 Å². The number of halogens is 1. The second-order valence-corrected chi connectivity index (χ2v) is 2.83. The molecule has 0 bridgehead atoms. The van der Waals surface area contributed by atoms with Gasteiger partial charge in [0.2, 0.25) is 0 Å². The standard InChI is InChI=1S/C6H11IO3/c1-5(4-7)6(9)10-3-2-8/h5,8H,2-4H2,1H3. The number of aliphatic hydroxyl groups is 1. The predicted octanol–water partition coefficient (Wildman–Crippen LogP) is 0.593. The fourth-order valence-electron chi connectivity index (χ4n) is 0.351. The number of carbonyl (C=O) groups excluding carboxylic acids is 1. The molecular formula is C6H11IO3. The molecule has 0 amide bonds.